The van der Waals surface area contributed by atoms with Crippen molar-refractivity contribution in [3.63, 3.8) is 0 Å². The van der Waals surface area contributed by atoms with Crippen molar-refractivity contribution in [2.45, 2.75) is 0 Å². The molecule has 1 aliphatic rings. The largest absolute Gasteiger partial charge is 0.495 e. The second-order valence-corrected chi connectivity index (χ2v) is 5.11. The predicted molar refractivity (Wildman–Crippen MR) is 74.9 cm³/mol. The number of methoxy groups -OCH3 is 1. The minimum absolute atomic E-state index is 0.000952. The second-order valence-electron chi connectivity index (χ2n) is 4.20. The van der Waals surface area contributed by atoms with Crippen LogP contribution in [0.5, 0.6) is 11.5 Å². The smallest absolute Gasteiger partial charge is 0.262 e. The van der Waals surface area contributed by atoms with Crippen LogP contribution in [0.25, 0.3) is 0 Å². The molecule has 1 aliphatic heterocycles. The average Bonchev–Trinajstić information content (AvgIpc) is 2.94. The van der Waals surface area contributed by atoms with Crippen molar-refractivity contribution in [1.82, 2.24) is 0 Å². The molecule has 5 nitrogen and oxygen atoms in total. The van der Waals surface area contributed by atoms with Crippen LogP contribution in [0.2, 0.25) is 0 Å². The van der Waals surface area contributed by atoms with E-state index in [1.807, 2.05) is 0 Å². The third kappa shape index (κ3) is 2.14. The summed E-state index contributed by atoms with van der Waals surface area (Å²) in [5, 5.41) is 4.49. The number of hydrogen-bond acceptors (Lipinski definition) is 5. The zero-order chi connectivity index (χ0) is 14.1. The van der Waals surface area contributed by atoms with E-state index in [0.29, 0.717) is 27.6 Å². The number of carbonyl (C=O) groups excluding carboxylic acids is 2. The highest BCUT2D eigenvalue weighted by Crippen LogP contribution is 2.32. The molecule has 1 aromatic heterocycles. The van der Waals surface area contributed by atoms with Gasteiger partial charge in [-0.3, -0.25) is 9.59 Å². The van der Waals surface area contributed by atoms with Gasteiger partial charge in [-0.1, -0.05) is 0 Å². The number of rotatable bonds is 3. The van der Waals surface area contributed by atoms with E-state index < -0.39 is 0 Å². The summed E-state index contributed by atoms with van der Waals surface area (Å²) >= 11 is 1.32. The molecule has 2 heterocycles. The summed E-state index contributed by atoms with van der Waals surface area (Å²) in [4.78, 5) is 24.3. The van der Waals surface area contributed by atoms with Gasteiger partial charge in [-0.15, -0.1) is 11.3 Å². The van der Waals surface area contributed by atoms with E-state index in [-0.39, 0.29) is 18.3 Å². The number of fused-ring (bicyclic) bond motifs is 1. The van der Waals surface area contributed by atoms with Gasteiger partial charge in [0.15, 0.2) is 6.61 Å². The topological polar surface area (TPSA) is 64.6 Å². The third-order valence-electron chi connectivity index (χ3n) is 2.93. The number of thiophene rings is 1. The highest BCUT2D eigenvalue weighted by atomic mass is 32.1. The molecule has 20 heavy (non-hydrogen) atoms. The van der Waals surface area contributed by atoms with Crippen LogP contribution in [-0.4, -0.2) is 25.4 Å². The summed E-state index contributed by atoms with van der Waals surface area (Å²) in [6, 6.07) is 6.73. The first-order chi connectivity index (χ1) is 9.69. The zero-order valence-corrected chi connectivity index (χ0v) is 11.5. The monoisotopic (exact) mass is 289 g/mol. The minimum atomic E-state index is -0.226. The Morgan fingerprint density at radius 2 is 2.25 bits per heavy atom. The summed E-state index contributed by atoms with van der Waals surface area (Å²) in [6.07, 6.45) is 0. The van der Waals surface area contributed by atoms with Crippen molar-refractivity contribution in [2.24, 2.45) is 0 Å². The lowest BCUT2D eigenvalue weighted by molar-refractivity contribution is -0.118. The molecular formula is C14H11NO4S. The van der Waals surface area contributed by atoms with Gasteiger partial charge in [0.2, 0.25) is 5.78 Å². The fraction of sp³-hybridized carbons (Fsp3) is 0.143. The first-order valence-electron chi connectivity index (χ1n) is 5.92. The van der Waals surface area contributed by atoms with E-state index in [4.69, 9.17) is 9.47 Å². The van der Waals surface area contributed by atoms with Crippen molar-refractivity contribution in [3.8, 4) is 11.5 Å². The standard InChI is InChI=1S/C14H11NO4S/c1-18-11-4-5-20-14(11)13(17)8-2-3-10-9(6-8)15-12(16)7-19-10/h2-6H,7H2,1H3,(H,15,16). The molecule has 1 amide bonds. The number of nitrogens with one attached hydrogen (secondary N) is 1. The molecule has 3 rings (SSSR count). The Labute approximate surface area is 119 Å². The third-order valence-corrected chi connectivity index (χ3v) is 3.82. The molecule has 0 radical (unpaired) electrons. The highest BCUT2D eigenvalue weighted by Gasteiger charge is 2.20. The summed E-state index contributed by atoms with van der Waals surface area (Å²) in [5.74, 6) is 0.757. The van der Waals surface area contributed by atoms with Crippen LogP contribution in [0.4, 0.5) is 5.69 Å². The summed E-state index contributed by atoms with van der Waals surface area (Å²) in [6.45, 7) is -0.000952. The highest BCUT2D eigenvalue weighted by molar-refractivity contribution is 7.12. The zero-order valence-electron chi connectivity index (χ0n) is 10.6. The van der Waals surface area contributed by atoms with Crippen LogP contribution in [0.15, 0.2) is 29.6 Å². The number of anilines is 1. The summed E-state index contributed by atoms with van der Waals surface area (Å²) < 4.78 is 10.4. The van der Waals surface area contributed by atoms with Gasteiger partial charge in [0.05, 0.1) is 12.8 Å². The quantitative estimate of drug-likeness (QED) is 0.881. The van der Waals surface area contributed by atoms with Gasteiger partial charge in [-0.05, 0) is 29.6 Å². The molecule has 2 aromatic rings. The number of ether oxygens (including phenoxy) is 2. The molecule has 0 bridgehead atoms. The van der Waals surface area contributed by atoms with Crippen molar-refractivity contribution < 1.29 is 19.1 Å². The van der Waals surface area contributed by atoms with Crippen LogP contribution >= 0.6 is 11.3 Å². The number of benzene rings is 1. The molecule has 0 saturated carbocycles. The van der Waals surface area contributed by atoms with Crippen LogP contribution in [0.1, 0.15) is 15.2 Å². The number of carbonyl (C=O) groups is 2. The van der Waals surface area contributed by atoms with E-state index in [1.165, 1.54) is 18.4 Å². The first-order valence-corrected chi connectivity index (χ1v) is 6.80. The van der Waals surface area contributed by atoms with Crippen LogP contribution in [-0.2, 0) is 4.79 Å². The average molecular weight is 289 g/mol. The Morgan fingerprint density at radius 3 is 3.05 bits per heavy atom. The lowest BCUT2D eigenvalue weighted by Crippen LogP contribution is -2.25. The van der Waals surface area contributed by atoms with Gasteiger partial charge >= 0.3 is 0 Å². The van der Waals surface area contributed by atoms with E-state index in [2.05, 4.69) is 5.32 Å². The lowest BCUT2D eigenvalue weighted by atomic mass is 10.1. The Bertz CT molecular complexity index is 692. The fourth-order valence-corrected chi connectivity index (χ4v) is 2.80. The Morgan fingerprint density at radius 1 is 1.40 bits per heavy atom. The molecule has 0 fully saturated rings. The van der Waals surface area contributed by atoms with Gasteiger partial charge in [0.25, 0.3) is 5.91 Å². The SMILES string of the molecule is COc1ccsc1C(=O)c1ccc2c(c1)NC(=O)CO2. The van der Waals surface area contributed by atoms with Crippen molar-refractivity contribution in [1.29, 1.82) is 0 Å². The molecule has 0 saturated heterocycles. The number of amides is 1. The molecule has 1 aromatic carbocycles. The molecule has 0 unspecified atom stereocenters. The first kappa shape index (κ1) is 12.7. The summed E-state index contributed by atoms with van der Waals surface area (Å²) in [7, 11) is 1.53. The van der Waals surface area contributed by atoms with E-state index >= 15 is 0 Å². The van der Waals surface area contributed by atoms with E-state index in [9.17, 15) is 9.59 Å². The fourth-order valence-electron chi connectivity index (χ4n) is 1.98. The number of ketones is 1. The molecule has 0 aliphatic carbocycles. The second kappa shape index (κ2) is 4.97. The molecule has 1 N–H and O–H groups in total. The van der Waals surface area contributed by atoms with Crippen molar-refractivity contribution >= 4 is 28.7 Å². The van der Waals surface area contributed by atoms with Gasteiger partial charge in [-0.2, -0.15) is 0 Å². The molecule has 0 atom stereocenters. The van der Waals surface area contributed by atoms with Crippen molar-refractivity contribution in [3.05, 3.63) is 40.1 Å². The van der Waals surface area contributed by atoms with E-state index in [1.54, 1.807) is 29.6 Å². The van der Waals surface area contributed by atoms with Crippen LogP contribution < -0.4 is 14.8 Å². The Hall–Kier alpha value is -2.34. The molecular weight excluding hydrogens is 278 g/mol. The maximum absolute atomic E-state index is 12.4. The molecule has 0 spiro atoms. The van der Waals surface area contributed by atoms with E-state index in [0.717, 1.165) is 0 Å². The van der Waals surface area contributed by atoms with Crippen LogP contribution in [0, 0.1) is 0 Å². The van der Waals surface area contributed by atoms with Crippen molar-refractivity contribution in [2.75, 3.05) is 19.0 Å². The molecule has 102 valence electrons. The van der Waals surface area contributed by atoms with Crippen LogP contribution in [0.3, 0.4) is 0 Å². The van der Waals surface area contributed by atoms with Gasteiger partial charge in [0.1, 0.15) is 16.4 Å². The van der Waals surface area contributed by atoms with Gasteiger partial charge in [-0.25, -0.2) is 0 Å². The molecule has 6 heteroatoms. The van der Waals surface area contributed by atoms with Gasteiger partial charge < -0.3 is 14.8 Å². The Balaban J connectivity index is 1.97. The lowest BCUT2D eigenvalue weighted by Gasteiger charge is -2.18. The number of hydrogen-bond donors (Lipinski definition) is 1. The van der Waals surface area contributed by atoms with Gasteiger partial charge in [0, 0.05) is 5.56 Å². The Kier molecular flexibility index (Phi) is 3.15. The summed E-state index contributed by atoms with van der Waals surface area (Å²) in [5.41, 5.74) is 0.998. The minimum Gasteiger partial charge on any atom is -0.495 e. The normalized spacial score (nSPS) is 13.2. The predicted octanol–water partition coefficient (Wildman–Crippen LogP) is 2.32. The maximum Gasteiger partial charge on any atom is 0.262 e. The maximum atomic E-state index is 12.4.